The minimum atomic E-state index is -0.747. The second-order valence-electron chi connectivity index (χ2n) is 5.79. The number of hydrogen-bond donors (Lipinski definition) is 1. The topological polar surface area (TPSA) is 64.6 Å². The van der Waals surface area contributed by atoms with Crippen molar-refractivity contribution in [3.05, 3.63) is 58.9 Å². The van der Waals surface area contributed by atoms with Gasteiger partial charge in [0.1, 0.15) is 0 Å². The molecule has 5 heteroatoms. The zero-order valence-corrected chi connectivity index (χ0v) is 12.0. The van der Waals surface area contributed by atoms with Crippen molar-refractivity contribution in [1.82, 2.24) is 5.32 Å². The minimum absolute atomic E-state index is 0.00545. The van der Waals surface area contributed by atoms with E-state index < -0.39 is 6.29 Å². The lowest BCUT2D eigenvalue weighted by atomic mass is 9.94. The Bertz CT molecular complexity index is 734. The summed E-state index contributed by atoms with van der Waals surface area (Å²) in [5.41, 5.74) is 3.52. The lowest BCUT2D eigenvalue weighted by Crippen LogP contribution is -2.26. The van der Waals surface area contributed by atoms with Gasteiger partial charge >= 0.3 is 5.97 Å². The first-order valence-electron chi connectivity index (χ1n) is 7.27. The molecule has 1 fully saturated rings. The highest BCUT2D eigenvalue weighted by Gasteiger charge is 2.44. The molecular formula is C17H15NO4. The Morgan fingerprint density at radius 2 is 2.14 bits per heavy atom. The smallest absolute Gasteiger partial charge is 0.336 e. The summed E-state index contributed by atoms with van der Waals surface area (Å²) in [4.78, 5) is 23.5. The molecule has 1 aromatic rings. The van der Waals surface area contributed by atoms with Crippen LogP contribution >= 0.6 is 0 Å². The third-order valence-corrected chi connectivity index (χ3v) is 4.41. The first-order valence-corrected chi connectivity index (χ1v) is 7.27. The molecule has 5 nitrogen and oxygen atoms in total. The van der Waals surface area contributed by atoms with E-state index in [0.29, 0.717) is 11.1 Å². The van der Waals surface area contributed by atoms with Crippen molar-refractivity contribution >= 4 is 11.9 Å². The average Bonchev–Trinajstić information content (AvgIpc) is 3.09. The van der Waals surface area contributed by atoms with E-state index in [2.05, 4.69) is 11.4 Å². The standard InChI is InChI=1S/C17H15NO4/c1-9-6-14(22-17(9)20)21-8-12-15-11-5-3-2-4-10(11)7-13(15)18-16(12)19/h2-6,8,13-15H,7H2,1H3,(H,18,19)/b12-8+. The van der Waals surface area contributed by atoms with Gasteiger partial charge in [0.05, 0.1) is 11.8 Å². The van der Waals surface area contributed by atoms with E-state index >= 15 is 0 Å². The van der Waals surface area contributed by atoms with Crippen molar-refractivity contribution in [3.63, 3.8) is 0 Å². The monoisotopic (exact) mass is 297 g/mol. The zero-order valence-electron chi connectivity index (χ0n) is 12.0. The molecule has 0 aromatic heterocycles. The molecule has 2 heterocycles. The molecule has 3 unspecified atom stereocenters. The highest BCUT2D eigenvalue weighted by Crippen LogP contribution is 2.42. The fraction of sp³-hybridized carbons (Fsp3) is 0.294. The third-order valence-electron chi connectivity index (χ3n) is 4.41. The van der Waals surface area contributed by atoms with Gasteiger partial charge in [0, 0.05) is 23.6 Å². The van der Waals surface area contributed by atoms with Crippen molar-refractivity contribution in [1.29, 1.82) is 0 Å². The van der Waals surface area contributed by atoms with Crippen LogP contribution in [0.4, 0.5) is 0 Å². The van der Waals surface area contributed by atoms with Crippen molar-refractivity contribution in [3.8, 4) is 0 Å². The predicted octanol–water partition coefficient (Wildman–Crippen LogP) is 1.55. The second kappa shape index (κ2) is 4.73. The number of benzene rings is 1. The summed E-state index contributed by atoms with van der Waals surface area (Å²) in [6, 6.07) is 8.21. The molecular weight excluding hydrogens is 282 g/mol. The van der Waals surface area contributed by atoms with Crippen LogP contribution in [0.25, 0.3) is 0 Å². The number of amides is 1. The Morgan fingerprint density at radius 3 is 2.91 bits per heavy atom. The fourth-order valence-electron chi connectivity index (χ4n) is 3.35. The second-order valence-corrected chi connectivity index (χ2v) is 5.79. The van der Waals surface area contributed by atoms with Gasteiger partial charge in [-0.05, 0) is 24.5 Å². The summed E-state index contributed by atoms with van der Waals surface area (Å²) in [7, 11) is 0. The van der Waals surface area contributed by atoms with Crippen LogP contribution in [-0.2, 0) is 25.5 Å². The number of esters is 1. The molecule has 3 aliphatic rings. The molecule has 2 aliphatic heterocycles. The van der Waals surface area contributed by atoms with Crippen LogP contribution in [0.15, 0.2) is 47.7 Å². The molecule has 1 aliphatic carbocycles. The molecule has 22 heavy (non-hydrogen) atoms. The van der Waals surface area contributed by atoms with Crippen molar-refractivity contribution in [2.75, 3.05) is 0 Å². The average molecular weight is 297 g/mol. The molecule has 0 spiro atoms. The van der Waals surface area contributed by atoms with Crippen LogP contribution < -0.4 is 5.32 Å². The van der Waals surface area contributed by atoms with Crippen LogP contribution in [-0.4, -0.2) is 24.2 Å². The number of nitrogens with one attached hydrogen (secondary N) is 1. The van der Waals surface area contributed by atoms with E-state index in [1.165, 1.54) is 11.8 Å². The van der Waals surface area contributed by atoms with Gasteiger partial charge in [-0.1, -0.05) is 24.3 Å². The van der Waals surface area contributed by atoms with E-state index in [-0.39, 0.29) is 23.8 Å². The maximum atomic E-state index is 12.1. The number of cyclic esters (lactones) is 1. The van der Waals surface area contributed by atoms with Gasteiger partial charge in [0.25, 0.3) is 12.2 Å². The minimum Gasteiger partial charge on any atom is -0.458 e. The first kappa shape index (κ1) is 13.1. The molecule has 3 atom stereocenters. The highest BCUT2D eigenvalue weighted by molar-refractivity contribution is 5.98. The molecule has 112 valence electrons. The molecule has 1 N–H and O–H groups in total. The number of carbonyl (C=O) groups excluding carboxylic acids is 2. The van der Waals surface area contributed by atoms with E-state index in [1.54, 1.807) is 13.0 Å². The van der Waals surface area contributed by atoms with E-state index in [0.717, 1.165) is 12.0 Å². The summed E-state index contributed by atoms with van der Waals surface area (Å²) in [5.74, 6) is -0.497. The van der Waals surface area contributed by atoms with Crippen molar-refractivity contribution in [2.45, 2.75) is 31.6 Å². The van der Waals surface area contributed by atoms with Gasteiger partial charge in [-0.2, -0.15) is 0 Å². The van der Waals surface area contributed by atoms with Crippen LogP contribution in [0.1, 0.15) is 24.0 Å². The van der Waals surface area contributed by atoms with E-state index in [1.807, 2.05) is 18.2 Å². The summed E-state index contributed by atoms with van der Waals surface area (Å²) < 4.78 is 10.5. The Labute approximate surface area is 127 Å². The number of hydrogen-bond acceptors (Lipinski definition) is 4. The van der Waals surface area contributed by atoms with E-state index in [4.69, 9.17) is 9.47 Å². The maximum Gasteiger partial charge on any atom is 0.336 e. The largest absolute Gasteiger partial charge is 0.458 e. The summed E-state index contributed by atoms with van der Waals surface area (Å²) in [6.07, 6.45) is 3.13. The van der Waals surface area contributed by atoms with Gasteiger partial charge in [-0.3, -0.25) is 4.79 Å². The predicted molar refractivity (Wildman–Crippen MR) is 77.6 cm³/mol. The quantitative estimate of drug-likeness (QED) is 0.511. The molecule has 1 amide bonds. The van der Waals surface area contributed by atoms with Crippen LogP contribution in [0, 0.1) is 0 Å². The van der Waals surface area contributed by atoms with Crippen LogP contribution in [0.2, 0.25) is 0 Å². The lowest BCUT2D eigenvalue weighted by molar-refractivity contribution is -0.152. The Hall–Kier alpha value is -2.56. The number of fused-ring (bicyclic) bond motifs is 3. The molecule has 1 aromatic carbocycles. The Morgan fingerprint density at radius 1 is 1.32 bits per heavy atom. The number of carbonyl (C=O) groups is 2. The van der Waals surface area contributed by atoms with Crippen LogP contribution in [0.5, 0.6) is 0 Å². The summed E-state index contributed by atoms with van der Waals surface area (Å²) >= 11 is 0. The maximum absolute atomic E-state index is 12.1. The zero-order chi connectivity index (χ0) is 15.3. The van der Waals surface area contributed by atoms with Crippen LogP contribution in [0.3, 0.4) is 0 Å². The fourth-order valence-corrected chi connectivity index (χ4v) is 3.35. The Kier molecular flexibility index (Phi) is 2.82. The summed E-state index contributed by atoms with van der Waals surface area (Å²) in [6.45, 7) is 1.67. The third kappa shape index (κ3) is 1.93. The van der Waals surface area contributed by atoms with Gasteiger partial charge in [0.2, 0.25) is 0 Å². The Balaban J connectivity index is 1.60. The molecule has 0 radical (unpaired) electrons. The van der Waals surface area contributed by atoms with E-state index in [9.17, 15) is 9.59 Å². The highest BCUT2D eigenvalue weighted by atomic mass is 16.7. The number of ether oxygens (including phenoxy) is 2. The molecule has 1 saturated heterocycles. The lowest BCUT2D eigenvalue weighted by Gasteiger charge is -2.12. The first-order chi connectivity index (χ1) is 10.6. The van der Waals surface area contributed by atoms with Gasteiger partial charge < -0.3 is 14.8 Å². The number of rotatable bonds is 2. The molecule has 0 saturated carbocycles. The van der Waals surface area contributed by atoms with Crippen molar-refractivity contribution < 1.29 is 19.1 Å². The molecule has 0 bridgehead atoms. The van der Waals surface area contributed by atoms with Gasteiger partial charge in [-0.25, -0.2) is 4.79 Å². The van der Waals surface area contributed by atoms with Gasteiger partial charge in [-0.15, -0.1) is 0 Å². The SMILES string of the molecule is CC1=CC(O/C=C2/C(=O)NC3Cc4ccccc4C23)OC1=O. The molecule has 4 rings (SSSR count). The van der Waals surface area contributed by atoms with Crippen molar-refractivity contribution in [2.24, 2.45) is 0 Å². The van der Waals surface area contributed by atoms with Gasteiger partial charge in [0.15, 0.2) is 0 Å². The summed E-state index contributed by atoms with van der Waals surface area (Å²) in [5, 5.41) is 3.00. The normalized spacial score (nSPS) is 30.7.